The molecule has 1 saturated heterocycles. The zero-order chi connectivity index (χ0) is 54.8. The summed E-state index contributed by atoms with van der Waals surface area (Å²) in [7, 11) is 2.37. The number of hydrogen-bond donors (Lipinski definition) is 6. The molecule has 7 amide bonds. The number of carbonyl (C=O) groups is 8. The summed E-state index contributed by atoms with van der Waals surface area (Å²) in [5, 5.41) is 16.6. The van der Waals surface area contributed by atoms with Gasteiger partial charge in [0.1, 0.15) is 24.2 Å². The largest absolute Gasteiger partial charge is 0.469 e. The first-order valence-electron chi connectivity index (χ1n) is 26.0. The van der Waals surface area contributed by atoms with Crippen molar-refractivity contribution in [1.29, 1.82) is 0 Å². The van der Waals surface area contributed by atoms with E-state index in [0.717, 1.165) is 43.4 Å². The summed E-state index contributed by atoms with van der Waals surface area (Å²) in [5.41, 5.74) is 4.55. The van der Waals surface area contributed by atoms with E-state index in [9.17, 15) is 38.4 Å². The van der Waals surface area contributed by atoms with E-state index in [1.54, 1.807) is 56.6 Å². The minimum Gasteiger partial charge on any atom is -0.469 e. The SMILES string of the molecule is COC(=O)C[C@H](NC(=O)[C@H](CCCCNC(=O)CCCCCN(Cc1ccccn1)Cc1ccccn1)NC(=O)Cc1ccc(NC(=O)Nc2ccccc2C)cc1)C(=O)N[C@H](C(=O)N1CCC[C@H]1C(=O)OC)C(C)C. The van der Waals surface area contributed by atoms with E-state index < -0.39 is 78.1 Å². The van der Waals surface area contributed by atoms with Gasteiger partial charge in [-0.2, -0.15) is 0 Å². The number of urea groups is 1. The van der Waals surface area contributed by atoms with Crippen LogP contribution in [0.25, 0.3) is 0 Å². The van der Waals surface area contributed by atoms with Crippen molar-refractivity contribution in [2.24, 2.45) is 5.92 Å². The third-order valence-electron chi connectivity index (χ3n) is 12.9. The molecule has 0 saturated carbocycles. The summed E-state index contributed by atoms with van der Waals surface area (Å²) in [6.45, 7) is 8.07. The van der Waals surface area contributed by atoms with Crippen LogP contribution < -0.4 is 31.9 Å². The van der Waals surface area contributed by atoms with Crippen molar-refractivity contribution in [2.45, 2.75) is 129 Å². The molecule has 5 rings (SSSR count). The van der Waals surface area contributed by atoms with Gasteiger partial charge in [-0.1, -0.05) is 62.7 Å². The van der Waals surface area contributed by atoms with Crippen molar-refractivity contribution in [3.05, 3.63) is 120 Å². The lowest BCUT2D eigenvalue weighted by Crippen LogP contribution is -2.59. The van der Waals surface area contributed by atoms with Crippen LogP contribution in [0.3, 0.4) is 0 Å². The van der Waals surface area contributed by atoms with Crippen LogP contribution in [-0.4, -0.2) is 125 Å². The second-order valence-electron chi connectivity index (χ2n) is 19.2. The molecule has 6 N–H and O–H groups in total. The molecule has 20 heteroatoms. The number of aromatic nitrogens is 2. The summed E-state index contributed by atoms with van der Waals surface area (Å²) in [4.78, 5) is 119. The normalized spacial score (nSPS) is 14.2. The lowest BCUT2D eigenvalue weighted by molar-refractivity contribution is -0.152. The lowest BCUT2D eigenvalue weighted by atomic mass is 10.0. The smallest absolute Gasteiger partial charge is 0.328 e. The highest BCUT2D eigenvalue weighted by atomic mass is 16.5. The number of amides is 7. The average Bonchev–Trinajstić information content (AvgIpc) is 3.91. The van der Waals surface area contributed by atoms with Crippen molar-refractivity contribution in [2.75, 3.05) is 44.5 Å². The number of carbonyl (C=O) groups excluding carboxylic acids is 8. The molecule has 4 atom stereocenters. The Bertz CT molecular complexity index is 2490. The predicted octanol–water partition coefficient (Wildman–Crippen LogP) is 5.36. The van der Waals surface area contributed by atoms with Crippen molar-refractivity contribution in [1.82, 2.24) is 41.0 Å². The van der Waals surface area contributed by atoms with E-state index in [1.165, 1.54) is 12.0 Å². The van der Waals surface area contributed by atoms with Gasteiger partial charge in [0.25, 0.3) is 0 Å². The highest BCUT2D eigenvalue weighted by molar-refractivity contribution is 6.00. The predicted molar refractivity (Wildman–Crippen MR) is 286 cm³/mol. The number of methoxy groups -OCH3 is 2. The van der Waals surface area contributed by atoms with E-state index in [-0.39, 0.29) is 25.3 Å². The summed E-state index contributed by atoms with van der Waals surface area (Å²) in [6.07, 6.45) is 7.49. The standard InChI is InChI=1S/C56H74N10O10/c1-38(2)51(54(72)66-33-17-23-47(66)55(73)76-5)64-53(71)46(35-50(69)75-4)62-52(70)45(61-49(68)34-40-25-27-41(28-26-40)60-56(74)63-44-21-9-8-18-39(44)3)22-12-15-31-59-48(67)24-7-6-16-32-65(36-42-19-10-13-29-57-42)37-43-20-11-14-30-58-43/h8-11,13-14,18-21,25-30,38,45-47,51H,6-7,12,15-17,22-24,31-37H2,1-5H3,(H,59,67)(H,61,68)(H,62,70)(H,64,71)(H2,60,63,74)/t45-,46-,47-,51-/m0/s1. The number of likely N-dealkylation sites (tertiary alicyclic amines) is 1. The van der Waals surface area contributed by atoms with E-state index >= 15 is 0 Å². The van der Waals surface area contributed by atoms with Gasteiger partial charge in [-0.3, -0.25) is 43.6 Å². The highest BCUT2D eigenvalue weighted by Gasteiger charge is 2.40. The molecule has 2 aromatic carbocycles. The van der Waals surface area contributed by atoms with E-state index in [4.69, 9.17) is 9.47 Å². The maximum absolute atomic E-state index is 14.2. The number of unbranched alkanes of at least 4 members (excludes halogenated alkanes) is 3. The summed E-state index contributed by atoms with van der Waals surface area (Å²) < 4.78 is 9.77. The Morgan fingerprint density at radius 3 is 2.01 bits per heavy atom. The second kappa shape index (κ2) is 31.2. The van der Waals surface area contributed by atoms with Gasteiger partial charge in [0.15, 0.2) is 0 Å². The highest BCUT2D eigenvalue weighted by Crippen LogP contribution is 2.22. The molecular weight excluding hydrogens is 973 g/mol. The van der Waals surface area contributed by atoms with Gasteiger partial charge < -0.3 is 46.3 Å². The summed E-state index contributed by atoms with van der Waals surface area (Å²) >= 11 is 0. The molecule has 76 heavy (non-hydrogen) atoms. The molecule has 1 fully saturated rings. The van der Waals surface area contributed by atoms with Crippen molar-refractivity contribution in [3.8, 4) is 0 Å². The summed E-state index contributed by atoms with van der Waals surface area (Å²) in [6, 6.07) is 20.6. The van der Waals surface area contributed by atoms with Gasteiger partial charge in [-0.25, -0.2) is 9.59 Å². The zero-order valence-electron chi connectivity index (χ0n) is 44.3. The average molecular weight is 1050 g/mol. The van der Waals surface area contributed by atoms with E-state index in [2.05, 4.69) is 46.8 Å². The molecule has 20 nitrogen and oxygen atoms in total. The number of hydrogen-bond acceptors (Lipinski definition) is 13. The third-order valence-corrected chi connectivity index (χ3v) is 12.9. The van der Waals surface area contributed by atoms with Gasteiger partial charge in [-0.15, -0.1) is 0 Å². The topological polar surface area (TPSA) is 259 Å². The van der Waals surface area contributed by atoms with Gasteiger partial charge in [0.05, 0.1) is 38.4 Å². The molecule has 408 valence electrons. The quantitative estimate of drug-likeness (QED) is 0.0296. The number of nitrogens with zero attached hydrogens (tertiary/aromatic N) is 4. The fourth-order valence-corrected chi connectivity index (χ4v) is 8.74. The maximum Gasteiger partial charge on any atom is 0.328 e. The lowest BCUT2D eigenvalue weighted by Gasteiger charge is -2.31. The number of rotatable bonds is 29. The zero-order valence-corrected chi connectivity index (χ0v) is 44.3. The minimum atomic E-state index is -1.52. The van der Waals surface area contributed by atoms with Gasteiger partial charge in [-0.05, 0) is 118 Å². The second-order valence-corrected chi connectivity index (χ2v) is 19.2. The number of nitrogens with one attached hydrogen (secondary N) is 6. The monoisotopic (exact) mass is 1050 g/mol. The molecule has 1 aliphatic rings. The molecule has 1 aliphatic heterocycles. The van der Waals surface area contributed by atoms with Crippen LogP contribution >= 0.6 is 0 Å². The first kappa shape index (κ1) is 59.1. The third kappa shape index (κ3) is 19.8. The van der Waals surface area contributed by atoms with Crippen LogP contribution in [0.1, 0.15) is 101 Å². The van der Waals surface area contributed by atoms with Crippen molar-refractivity contribution in [3.63, 3.8) is 0 Å². The van der Waals surface area contributed by atoms with Gasteiger partial charge in [0, 0.05) is 56.4 Å². The number of benzene rings is 2. The van der Waals surface area contributed by atoms with Crippen LogP contribution in [0.5, 0.6) is 0 Å². The van der Waals surface area contributed by atoms with Crippen LogP contribution in [0.4, 0.5) is 16.2 Å². The van der Waals surface area contributed by atoms with Crippen molar-refractivity contribution >= 4 is 58.9 Å². The van der Waals surface area contributed by atoms with Gasteiger partial charge in [0.2, 0.25) is 29.5 Å². The molecule has 0 bridgehead atoms. The Labute approximate surface area is 445 Å². The van der Waals surface area contributed by atoms with Crippen molar-refractivity contribution < 1.29 is 47.8 Å². The molecule has 0 aliphatic carbocycles. The van der Waals surface area contributed by atoms with E-state index in [1.807, 2.05) is 61.5 Å². The van der Waals surface area contributed by atoms with Crippen LogP contribution in [0, 0.1) is 12.8 Å². The van der Waals surface area contributed by atoms with E-state index in [0.29, 0.717) is 75.1 Å². The van der Waals surface area contributed by atoms with Crippen LogP contribution in [-0.2, 0) is 62.5 Å². The Kier molecular flexibility index (Phi) is 24.3. The molecule has 0 spiro atoms. The molecular formula is C56H74N10O10. The number of ether oxygens (including phenoxy) is 2. The molecule has 4 aromatic rings. The molecule has 3 heterocycles. The fraction of sp³-hybridized carbons (Fsp3) is 0.464. The number of esters is 2. The number of aryl methyl sites for hydroxylation is 1. The first-order valence-corrected chi connectivity index (χ1v) is 26.0. The van der Waals surface area contributed by atoms with Crippen LogP contribution in [0.15, 0.2) is 97.3 Å². The van der Waals surface area contributed by atoms with Crippen LogP contribution in [0.2, 0.25) is 0 Å². The Balaban J connectivity index is 1.18. The first-order chi connectivity index (χ1) is 36.6. The minimum absolute atomic E-state index is 0.101. The molecule has 0 radical (unpaired) electrons. The number of anilines is 2. The maximum atomic E-state index is 14.2. The summed E-state index contributed by atoms with van der Waals surface area (Å²) in [5.74, 6) is -4.59. The van der Waals surface area contributed by atoms with Gasteiger partial charge >= 0.3 is 18.0 Å². The number of pyridine rings is 2. The number of para-hydroxylation sites is 1. The molecule has 0 unspecified atom stereocenters. The Morgan fingerprint density at radius 1 is 0.711 bits per heavy atom. The Morgan fingerprint density at radius 2 is 1.38 bits per heavy atom. The Hall–Kier alpha value is -7.74. The molecule has 2 aromatic heterocycles. The fourth-order valence-electron chi connectivity index (χ4n) is 8.74.